The van der Waals surface area contributed by atoms with Crippen molar-refractivity contribution in [3.05, 3.63) is 53.6 Å². The van der Waals surface area contributed by atoms with Crippen molar-refractivity contribution in [1.29, 1.82) is 0 Å². The largest absolute Gasteiger partial charge is 0.449 e. The molecule has 7 heteroatoms. The van der Waals surface area contributed by atoms with Crippen LogP contribution in [0.3, 0.4) is 0 Å². The van der Waals surface area contributed by atoms with E-state index in [0.717, 1.165) is 22.3 Å². The highest BCUT2D eigenvalue weighted by Gasteiger charge is 2.30. The summed E-state index contributed by atoms with van der Waals surface area (Å²) >= 11 is 0. The minimum Gasteiger partial charge on any atom is -0.449 e. The Kier molecular flexibility index (Phi) is 6.16. The van der Waals surface area contributed by atoms with Gasteiger partial charge in [0.25, 0.3) is 0 Å². The summed E-state index contributed by atoms with van der Waals surface area (Å²) in [5, 5.41) is 7.95. The molecular formula is C22H25N3O4. The van der Waals surface area contributed by atoms with E-state index in [2.05, 4.69) is 16.0 Å². The minimum atomic E-state index is -0.639. The molecule has 0 saturated carbocycles. The van der Waals surface area contributed by atoms with E-state index in [-0.39, 0.29) is 24.3 Å². The highest BCUT2D eigenvalue weighted by molar-refractivity contribution is 5.97. The van der Waals surface area contributed by atoms with E-state index in [9.17, 15) is 14.4 Å². The van der Waals surface area contributed by atoms with Crippen molar-refractivity contribution >= 4 is 23.6 Å². The van der Waals surface area contributed by atoms with E-state index in [1.165, 1.54) is 7.05 Å². The highest BCUT2D eigenvalue weighted by atomic mass is 16.5. The molecule has 1 aliphatic carbocycles. The van der Waals surface area contributed by atoms with Crippen LogP contribution in [0.2, 0.25) is 0 Å². The van der Waals surface area contributed by atoms with Crippen molar-refractivity contribution in [1.82, 2.24) is 10.6 Å². The highest BCUT2D eigenvalue weighted by Crippen LogP contribution is 2.45. The smallest absolute Gasteiger partial charge is 0.406 e. The summed E-state index contributed by atoms with van der Waals surface area (Å²) < 4.78 is 5.32. The van der Waals surface area contributed by atoms with Crippen molar-refractivity contribution in [2.75, 3.05) is 19.0 Å². The Hall–Kier alpha value is -3.35. The van der Waals surface area contributed by atoms with E-state index < -0.39 is 12.1 Å². The Bertz CT molecular complexity index is 941. The minimum absolute atomic E-state index is 0.118. The molecule has 0 aromatic heterocycles. The molecule has 0 saturated heterocycles. The maximum atomic E-state index is 12.4. The maximum Gasteiger partial charge on any atom is 0.406 e. The van der Waals surface area contributed by atoms with E-state index in [1.54, 1.807) is 13.8 Å². The number of hydrogen-bond donors (Lipinski definition) is 3. The number of fused-ring (bicyclic) bond motifs is 3. The van der Waals surface area contributed by atoms with Gasteiger partial charge < -0.3 is 20.7 Å². The van der Waals surface area contributed by atoms with Crippen LogP contribution in [0.1, 0.15) is 37.3 Å². The number of alkyl carbamates (subject to hydrolysis) is 1. The van der Waals surface area contributed by atoms with E-state index in [0.29, 0.717) is 12.1 Å². The fraction of sp³-hybridized carbons (Fsp3) is 0.318. The lowest BCUT2D eigenvalue weighted by molar-refractivity contribution is -0.125. The fourth-order valence-corrected chi connectivity index (χ4v) is 3.46. The maximum absolute atomic E-state index is 12.4. The van der Waals surface area contributed by atoms with Gasteiger partial charge in [0.15, 0.2) is 0 Å². The molecule has 3 rings (SSSR count). The molecule has 152 valence electrons. The number of carbonyl (C=O) groups excluding carboxylic acids is 3. The Morgan fingerprint density at radius 1 is 1.07 bits per heavy atom. The average Bonchev–Trinajstić information content (AvgIpc) is 3.04. The SMILES string of the molecule is CCC(=O)NC(C)C(=O)Nc1ccc2c(c1)C(COC(=O)NC)c1ccccc1-2. The van der Waals surface area contributed by atoms with Crippen LogP contribution in [0.25, 0.3) is 11.1 Å². The van der Waals surface area contributed by atoms with Gasteiger partial charge in [0.2, 0.25) is 11.8 Å². The van der Waals surface area contributed by atoms with Crippen molar-refractivity contribution in [2.45, 2.75) is 32.2 Å². The zero-order valence-electron chi connectivity index (χ0n) is 16.7. The molecule has 2 unspecified atom stereocenters. The second-order valence-electron chi connectivity index (χ2n) is 6.92. The summed E-state index contributed by atoms with van der Waals surface area (Å²) in [4.78, 5) is 35.5. The van der Waals surface area contributed by atoms with Gasteiger partial charge in [-0.25, -0.2) is 4.79 Å². The number of ether oxygens (including phenoxy) is 1. The first-order chi connectivity index (χ1) is 13.9. The van der Waals surface area contributed by atoms with E-state index >= 15 is 0 Å². The van der Waals surface area contributed by atoms with Crippen LogP contribution in [-0.2, 0) is 14.3 Å². The number of hydrogen-bond acceptors (Lipinski definition) is 4. The number of rotatable bonds is 6. The molecule has 7 nitrogen and oxygen atoms in total. The van der Waals surface area contributed by atoms with Gasteiger partial charge in [-0.2, -0.15) is 0 Å². The zero-order valence-corrected chi connectivity index (χ0v) is 16.7. The summed E-state index contributed by atoms with van der Waals surface area (Å²) in [6.07, 6.45) is -0.164. The first-order valence-corrected chi connectivity index (χ1v) is 9.62. The van der Waals surface area contributed by atoms with Gasteiger partial charge in [-0.3, -0.25) is 9.59 Å². The summed E-state index contributed by atoms with van der Waals surface area (Å²) in [6.45, 7) is 3.58. The lowest BCUT2D eigenvalue weighted by atomic mass is 9.97. The third kappa shape index (κ3) is 4.39. The Balaban J connectivity index is 1.83. The number of amides is 3. The first-order valence-electron chi connectivity index (χ1n) is 9.62. The van der Waals surface area contributed by atoms with Gasteiger partial charge in [0, 0.05) is 25.1 Å². The summed E-state index contributed by atoms with van der Waals surface area (Å²) in [5.74, 6) is -0.587. The Morgan fingerprint density at radius 2 is 1.79 bits per heavy atom. The molecule has 0 aliphatic heterocycles. The van der Waals surface area contributed by atoms with Crippen LogP contribution in [0.4, 0.5) is 10.5 Å². The van der Waals surface area contributed by atoms with E-state index in [4.69, 9.17) is 4.74 Å². The normalized spacial score (nSPS) is 14.9. The lowest BCUT2D eigenvalue weighted by Crippen LogP contribution is -2.41. The second kappa shape index (κ2) is 8.77. The molecule has 2 atom stereocenters. The fourth-order valence-electron chi connectivity index (χ4n) is 3.46. The van der Waals surface area contributed by atoms with Gasteiger partial charge >= 0.3 is 6.09 Å². The van der Waals surface area contributed by atoms with Gasteiger partial charge in [-0.1, -0.05) is 37.3 Å². The number of anilines is 1. The third-order valence-corrected chi connectivity index (χ3v) is 5.00. The topological polar surface area (TPSA) is 96.5 Å². The molecular weight excluding hydrogens is 370 g/mol. The Labute approximate surface area is 169 Å². The van der Waals surface area contributed by atoms with Crippen molar-refractivity contribution in [2.24, 2.45) is 0 Å². The Morgan fingerprint density at radius 3 is 2.52 bits per heavy atom. The monoisotopic (exact) mass is 395 g/mol. The predicted molar refractivity (Wildman–Crippen MR) is 111 cm³/mol. The van der Waals surface area contributed by atoms with Crippen LogP contribution in [0.15, 0.2) is 42.5 Å². The van der Waals surface area contributed by atoms with E-state index in [1.807, 2.05) is 42.5 Å². The van der Waals surface area contributed by atoms with Crippen molar-refractivity contribution in [3.63, 3.8) is 0 Å². The second-order valence-corrected chi connectivity index (χ2v) is 6.92. The van der Waals surface area contributed by atoms with Crippen LogP contribution in [0, 0.1) is 0 Å². The quantitative estimate of drug-likeness (QED) is 0.700. The van der Waals surface area contributed by atoms with Crippen molar-refractivity contribution < 1.29 is 19.1 Å². The zero-order chi connectivity index (χ0) is 21.0. The van der Waals surface area contributed by atoms with Gasteiger partial charge in [-0.15, -0.1) is 0 Å². The molecule has 3 amide bonds. The predicted octanol–water partition coefficient (Wildman–Crippen LogP) is 3.01. The number of carbonyl (C=O) groups is 3. The molecule has 0 heterocycles. The molecule has 0 bridgehead atoms. The molecule has 0 radical (unpaired) electrons. The molecule has 2 aromatic rings. The number of nitrogens with one attached hydrogen (secondary N) is 3. The van der Waals surface area contributed by atoms with Gasteiger partial charge in [-0.05, 0) is 41.3 Å². The molecule has 2 aromatic carbocycles. The van der Waals surface area contributed by atoms with Crippen LogP contribution in [-0.4, -0.2) is 37.6 Å². The van der Waals surface area contributed by atoms with Crippen molar-refractivity contribution in [3.8, 4) is 11.1 Å². The third-order valence-electron chi connectivity index (χ3n) is 5.00. The summed E-state index contributed by atoms with van der Waals surface area (Å²) in [7, 11) is 1.52. The lowest BCUT2D eigenvalue weighted by Gasteiger charge is -2.16. The van der Waals surface area contributed by atoms with Gasteiger partial charge in [0.1, 0.15) is 12.6 Å². The first kappa shape index (κ1) is 20.4. The molecule has 0 fully saturated rings. The van der Waals surface area contributed by atoms with Crippen LogP contribution >= 0.6 is 0 Å². The van der Waals surface area contributed by atoms with Gasteiger partial charge in [0.05, 0.1) is 0 Å². The molecule has 0 spiro atoms. The average molecular weight is 395 g/mol. The molecule has 29 heavy (non-hydrogen) atoms. The molecule has 1 aliphatic rings. The molecule has 3 N–H and O–H groups in total. The summed E-state index contributed by atoms with van der Waals surface area (Å²) in [5.41, 5.74) is 4.84. The van der Waals surface area contributed by atoms with Crippen LogP contribution < -0.4 is 16.0 Å². The number of benzene rings is 2. The standard InChI is InChI=1S/C22H25N3O4/c1-4-20(26)24-13(2)21(27)25-14-9-10-17-15-7-5-6-8-16(15)19(18(17)11-14)12-29-22(28)23-3/h5-11,13,19H,4,12H2,1-3H3,(H,23,28)(H,24,26)(H,25,27). The summed E-state index contributed by atoms with van der Waals surface area (Å²) in [6, 6.07) is 13.0. The van der Waals surface area contributed by atoms with Crippen LogP contribution in [0.5, 0.6) is 0 Å².